The largest absolute Gasteiger partial charge is 0.497 e. The highest BCUT2D eigenvalue weighted by Crippen LogP contribution is 2.66. The number of hydrogen-bond acceptors (Lipinski definition) is 4. The average Bonchev–Trinajstić information content (AvgIpc) is 3.37. The van der Waals surface area contributed by atoms with E-state index in [1.54, 1.807) is 14.2 Å². The summed E-state index contributed by atoms with van der Waals surface area (Å²) >= 11 is 0. The van der Waals surface area contributed by atoms with Gasteiger partial charge in [0.1, 0.15) is 11.5 Å². The number of hydrogen-bond donors (Lipinski definition) is 2. The van der Waals surface area contributed by atoms with Gasteiger partial charge in [0, 0.05) is 11.5 Å². The predicted molar refractivity (Wildman–Crippen MR) is 162 cm³/mol. The quantitative estimate of drug-likeness (QED) is 0.371. The summed E-state index contributed by atoms with van der Waals surface area (Å²) in [6.45, 7) is 4.73. The van der Waals surface area contributed by atoms with Crippen molar-refractivity contribution in [1.29, 1.82) is 0 Å². The maximum absolute atomic E-state index is 14.2. The van der Waals surface area contributed by atoms with Crippen molar-refractivity contribution in [3.63, 3.8) is 0 Å². The minimum atomic E-state index is -0.788. The summed E-state index contributed by atoms with van der Waals surface area (Å²) in [4.78, 5) is 25.9. The lowest BCUT2D eigenvalue weighted by atomic mass is 9.48. The molecule has 2 aromatic carbocycles. The van der Waals surface area contributed by atoms with Crippen LogP contribution in [0.2, 0.25) is 0 Å². The molecule has 222 valence electrons. The number of rotatable bonds is 7. The molecule has 4 aliphatic rings. The Hall–Kier alpha value is -3.54. The number of carboxylic acid groups (broad SMARTS) is 1. The number of ether oxygens (including phenoxy) is 2. The molecule has 0 aromatic heterocycles. The van der Waals surface area contributed by atoms with Crippen molar-refractivity contribution in [2.24, 2.45) is 34.5 Å². The molecule has 0 unspecified atom stereocenters. The third-order valence-electron chi connectivity index (χ3n) is 11.5. The molecule has 2 N–H and O–H groups in total. The zero-order valence-electron chi connectivity index (χ0n) is 25.2. The number of carboxylic acids is 1. The highest BCUT2D eigenvalue weighted by Gasteiger charge is 2.59. The number of fused-ring (bicyclic) bond motifs is 5. The smallest absolute Gasteiger partial charge is 0.331 e. The highest BCUT2D eigenvalue weighted by molar-refractivity contribution is 5.87. The topological polar surface area (TPSA) is 84.9 Å². The van der Waals surface area contributed by atoms with Gasteiger partial charge in [-0.15, -0.1) is 0 Å². The molecule has 2 fully saturated rings. The number of amides is 1. The van der Waals surface area contributed by atoms with Crippen molar-refractivity contribution < 1.29 is 24.2 Å². The van der Waals surface area contributed by atoms with Crippen molar-refractivity contribution in [3.8, 4) is 11.5 Å². The minimum absolute atomic E-state index is 0.0252. The second-order valence-electron chi connectivity index (χ2n) is 13.3. The molecule has 2 saturated carbocycles. The monoisotopic (exact) mass is 569 g/mol. The highest BCUT2D eigenvalue weighted by atomic mass is 16.5. The van der Waals surface area contributed by atoms with E-state index < -0.39 is 5.97 Å². The summed E-state index contributed by atoms with van der Waals surface area (Å²) in [6.07, 6.45) is 10.9. The maximum Gasteiger partial charge on any atom is 0.331 e. The Morgan fingerprint density at radius 3 is 2.07 bits per heavy atom. The number of aliphatic carboxylic acids is 1. The van der Waals surface area contributed by atoms with E-state index in [-0.39, 0.29) is 28.7 Å². The molecule has 6 nitrogen and oxygen atoms in total. The van der Waals surface area contributed by atoms with Gasteiger partial charge in [0.15, 0.2) is 0 Å². The van der Waals surface area contributed by atoms with Gasteiger partial charge in [0.05, 0.1) is 20.3 Å². The second-order valence-corrected chi connectivity index (χ2v) is 13.3. The van der Waals surface area contributed by atoms with Crippen molar-refractivity contribution >= 4 is 11.9 Å². The Morgan fingerprint density at radius 2 is 1.50 bits per heavy atom. The molecule has 0 saturated heterocycles. The van der Waals surface area contributed by atoms with E-state index in [1.807, 2.05) is 54.6 Å². The van der Waals surface area contributed by atoms with E-state index in [1.165, 1.54) is 5.57 Å². The molecule has 2 aromatic rings. The van der Waals surface area contributed by atoms with Crippen LogP contribution in [0.5, 0.6) is 11.5 Å². The van der Waals surface area contributed by atoms with E-state index in [2.05, 4.69) is 25.2 Å². The lowest BCUT2D eigenvalue weighted by Crippen LogP contribution is -2.51. The molecule has 0 aliphatic heterocycles. The molecule has 0 bridgehead atoms. The van der Waals surface area contributed by atoms with Gasteiger partial charge in [-0.1, -0.05) is 44.2 Å². The Balaban J connectivity index is 1.25. The number of nitrogens with one attached hydrogen (secondary N) is 1. The molecule has 0 heterocycles. The van der Waals surface area contributed by atoms with Gasteiger partial charge in [0.25, 0.3) is 0 Å². The summed E-state index contributed by atoms with van der Waals surface area (Å²) in [5.41, 5.74) is 3.78. The molecule has 0 radical (unpaired) electrons. The molecule has 6 atom stereocenters. The Kier molecular flexibility index (Phi) is 7.44. The number of methoxy groups -OCH3 is 2. The fraction of sp³-hybridized carbons (Fsp3) is 0.500. The lowest BCUT2D eigenvalue weighted by molar-refractivity contribution is -0.133. The SMILES string of the molecule is COc1ccc(C(NC(=O)[C@H]2CC[C@H]3[C@@H]4CC=C5C=C(C(=O)O)CC[C@]5(C)[C@H]4CC[C@]23C)c2ccc(OC)cc2)cc1. The summed E-state index contributed by atoms with van der Waals surface area (Å²) in [6, 6.07) is 15.6. The minimum Gasteiger partial charge on any atom is -0.497 e. The molecule has 4 aliphatic carbocycles. The van der Waals surface area contributed by atoms with Gasteiger partial charge in [0.2, 0.25) is 5.91 Å². The van der Waals surface area contributed by atoms with Gasteiger partial charge >= 0.3 is 5.97 Å². The first-order valence-electron chi connectivity index (χ1n) is 15.4. The zero-order valence-corrected chi connectivity index (χ0v) is 25.2. The number of carbonyl (C=O) groups is 2. The molecule has 0 spiro atoms. The molecule has 6 rings (SSSR count). The summed E-state index contributed by atoms with van der Waals surface area (Å²) in [7, 11) is 3.32. The summed E-state index contributed by atoms with van der Waals surface area (Å²) in [5.74, 6) is 2.45. The second kappa shape index (κ2) is 10.9. The number of allylic oxidation sites excluding steroid dienone is 3. The van der Waals surface area contributed by atoms with Crippen LogP contribution in [0.15, 0.2) is 71.8 Å². The van der Waals surface area contributed by atoms with Crippen molar-refractivity contribution in [2.75, 3.05) is 14.2 Å². The van der Waals surface area contributed by atoms with Crippen LogP contribution in [0, 0.1) is 34.5 Å². The van der Waals surface area contributed by atoms with E-state index >= 15 is 0 Å². The van der Waals surface area contributed by atoms with Gasteiger partial charge in [-0.25, -0.2) is 4.79 Å². The van der Waals surface area contributed by atoms with E-state index in [0.29, 0.717) is 29.7 Å². The van der Waals surface area contributed by atoms with Crippen molar-refractivity contribution in [2.45, 2.75) is 64.8 Å². The van der Waals surface area contributed by atoms with Crippen LogP contribution in [-0.2, 0) is 9.59 Å². The summed E-state index contributed by atoms with van der Waals surface area (Å²) < 4.78 is 10.8. The van der Waals surface area contributed by atoms with Crippen LogP contribution >= 0.6 is 0 Å². The third-order valence-corrected chi connectivity index (χ3v) is 11.5. The summed E-state index contributed by atoms with van der Waals surface area (Å²) in [5, 5.41) is 13.1. The zero-order chi connectivity index (χ0) is 29.6. The van der Waals surface area contributed by atoms with Crippen LogP contribution in [0.3, 0.4) is 0 Å². The van der Waals surface area contributed by atoms with Crippen LogP contribution in [0.1, 0.15) is 76.0 Å². The molecule has 42 heavy (non-hydrogen) atoms. The average molecular weight is 570 g/mol. The fourth-order valence-corrected chi connectivity index (χ4v) is 9.12. The first-order chi connectivity index (χ1) is 20.2. The van der Waals surface area contributed by atoms with E-state index in [9.17, 15) is 14.7 Å². The lowest BCUT2D eigenvalue weighted by Gasteiger charge is -2.57. The normalized spacial score (nSPS) is 31.6. The van der Waals surface area contributed by atoms with Gasteiger partial charge in [-0.05, 0) is 121 Å². The predicted octanol–water partition coefficient (Wildman–Crippen LogP) is 7.11. The first-order valence-corrected chi connectivity index (χ1v) is 15.4. The van der Waals surface area contributed by atoms with Crippen LogP contribution < -0.4 is 14.8 Å². The van der Waals surface area contributed by atoms with Crippen LogP contribution in [0.4, 0.5) is 0 Å². The van der Waals surface area contributed by atoms with Crippen molar-refractivity contribution in [1.82, 2.24) is 5.32 Å². The van der Waals surface area contributed by atoms with Crippen LogP contribution in [-0.4, -0.2) is 31.2 Å². The van der Waals surface area contributed by atoms with E-state index in [0.717, 1.165) is 61.2 Å². The first kappa shape index (κ1) is 28.6. The van der Waals surface area contributed by atoms with Crippen LogP contribution in [0.25, 0.3) is 0 Å². The van der Waals surface area contributed by atoms with E-state index in [4.69, 9.17) is 9.47 Å². The molecular weight excluding hydrogens is 526 g/mol. The Bertz CT molecular complexity index is 1360. The van der Waals surface area contributed by atoms with Gasteiger partial charge in [-0.2, -0.15) is 0 Å². The molecular formula is C36H43NO5. The molecule has 6 heteroatoms. The van der Waals surface area contributed by atoms with Gasteiger partial charge < -0.3 is 19.9 Å². The Morgan fingerprint density at radius 1 is 0.881 bits per heavy atom. The standard InChI is InChI=1S/C36H43NO5/c1-35-19-17-24(34(39)40)21-25(35)9-14-28-29-15-16-31(36(29,2)20-18-30(28)35)33(38)37-32(22-5-10-26(41-3)11-6-22)23-7-12-27(42-4)13-8-23/h5-13,21,28-32H,14-20H2,1-4H3,(H,37,38)(H,39,40)/t28-,29-,30-,31+,35-,36-/m0/s1. The number of carbonyl (C=O) groups excluding carboxylic acids is 1. The fourth-order valence-electron chi connectivity index (χ4n) is 9.12. The number of benzene rings is 2. The Labute approximate surface area is 249 Å². The maximum atomic E-state index is 14.2. The van der Waals surface area contributed by atoms with Gasteiger partial charge in [-0.3, -0.25) is 4.79 Å². The van der Waals surface area contributed by atoms with Crippen molar-refractivity contribution in [3.05, 3.63) is 83.0 Å². The third kappa shape index (κ3) is 4.73. The molecule has 1 amide bonds.